The molecule has 0 saturated carbocycles. The molecule has 0 unspecified atom stereocenters. The Balaban J connectivity index is 1.36. The molecule has 1 aromatic carbocycles. The van der Waals surface area contributed by atoms with Crippen molar-refractivity contribution in [3.63, 3.8) is 0 Å². The lowest BCUT2D eigenvalue weighted by molar-refractivity contribution is 0.233. The van der Waals surface area contributed by atoms with E-state index in [1.165, 1.54) is 0 Å². The quantitative estimate of drug-likeness (QED) is 0.260. The maximum Gasteiger partial charge on any atom is 0.140 e. The highest BCUT2D eigenvalue weighted by molar-refractivity contribution is 6.04. The molecule has 3 aromatic heterocycles. The van der Waals surface area contributed by atoms with E-state index in [9.17, 15) is 0 Å². The summed E-state index contributed by atoms with van der Waals surface area (Å²) in [4.78, 5) is 27.4. The van der Waals surface area contributed by atoms with Crippen molar-refractivity contribution in [3.8, 4) is 34.3 Å². The van der Waals surface area contributed by atoms with E-state index in [-0.39, 0.29) is 5.41 Å². The highest BCUT2D eigenvalue weighted by Crippen LogP contribution is 2.37. The van der Waals surface area contributed by atoms with Gasteiger partial charge in [-0.2, -0.15) is 5.26 Å². The Hall–Kier alpha value is -4.71. The number of aromatic nitrogens is 4. The standard InChI is InChI=1S/C30H32N8O/c1-19-26(20-7-6-8-23(15-20)39-5)37-29(35-19)30(2)11-13-38(14-12-30)28(33-4)24-16-25(36-27(24)32-3)21-9-10-22(17-31)34-18-21/h6-10,15-16,18,36H,3,11-14H2,1-2,4-5H3,(H,35,37). The Morgan fingerprint density at radius 2 is 1.95 bits per heavy atom. The van der Waals surface area contributed by atoms with E-state index in [1.807, 2.05) is 37.4 Å². The van der Waals surface area contributed by atoms with Crippen LogP contribution in [0.2, 0.25) is 0 Å². The molecule has 4 aromatic rings. The molecule has 1 aliphatic heterocycles. The minimum atomic E-state index is -0.0891. The lowest BCUT2D eigenvalue weighted by Gasteiger charge is -2.39. The predicted molar refractivity (Wildman–Crippen MR) is 154 cm³/mol. The number of hydrogen-bond acceptors (Lipinski definition) is 6. The summed E-state index contributed by atoms with van der Waals surface area (Å²) in [6, 6.07) is 15.7. The number of methoxy groups -OCH3 is 1. The van der Waals surface area contributed by atoms with Gasteiger partial charge in [0.25, 0.3) is 0 Å². The molecule has 2 N–H and O–H groups in total. The lowest BCUT2D eigenvalue weighted by atomic mass is 9.79. The van der Waals surface area contributed by atoms with E-state index in [4.69, 9.17) is 15.0 Å². The highest BCUT2D eigenvalue weighted by atomic mass is 16.5. The molecule has 9 heteroatoms. The zero-order chi connectivity index (χ0) is 27.6. The van der Waals surface area contributed by atoms with E-state index in [0.717, 1.165) is 77.1 Å². The number of aryl methyl sites for hydroxylation is 1. The number of H-pyrrole nitrogens is 2. The first-order chi connectivity index (χ1) is 18.9. The van der Waals surface area contributed by atoms with Crippen LogP contribution in [0.5, 0.6) is 5.75 Å². The third-order valence-electron chi connectivity index (χ3n) is 7.56. The van der Waals surface area contributed by atoms with Gasteiger partial charge in [0, 0.05) is 54.3 Å². The van der Waals surface area contributed by atoms with Crippen LogP contribution in [0.3, 0.4) is 0 Å². The number of pyridine rings is 1. The zero-order valence-electron chi connectivity index (χ0n) is 22.7. The number of nitriles is 1. The van der Waals surface area contributed by atoms with Gasteiger partial charge in [-0.3, -0.25) is 4.99 Å². The van der Waals surface area contributed by atoms with Crippen molar-refractivity contribution < 1.29 is 4.74 Å². The van der Waals surface area contributed by atoms with Crippen LogP contribution in [-0.2, 0) is 5.41 Å². The third kappa shape index (κ3) is 4.93. The first-order valence-corrected chi connectivity index (χ1v) is 12.9. The van der Waals surface area contributed by atoms with Crippen molar-refractivity contribution in [2.24, 2.45) is 9.98 Å². The molecule has 0 amide bonds. The molecule has 0 aliphatic carbocycles. The summed E-state index contributed by atoms with van der Waals surface area (Å²) >= 11 is 0. The van der Waals surface area contributed by atoms with Crippen molar-refractivity contribution in [1.82, 2.24) is 24.8 Å². The Labute approximate surface area is 228 Å². The van der Waals surface area contributed by atoms with Crippen LogP contribution in [-0.4, -0.2) is 64.6 Å². The van der Waals surface area contributed by atoms with Crippen LogP contribution in [0.1, 0.15) is 42.5 Å². The average Bonchev–Trinajstić information content (AvgIpc) is 3.59. The number of rotatable bonds is 6. The number of aromatic amines is 2. The minimum Gasteiger partial charge on any atom is -0.497 e. The van der Waals surface area contributed by atoms with E-state index in [2.05, 4.69) is 62.5 Å². The van der Waals surface area contributed by atoms with Crippen molar-refractivity contribution in [1.29, 1.82) is 5.26 Å². The van der Waals surface area contributed by atoms with Gasteiger partial charge in [0.05, 0.1) is 18.4 Å². The Morgan fingerprint density at radius 3 is 2.59 bits per heavy atom. The fourth-order valence-electron chi connectivity index (χ4n) is 5.19. The molecule has 4 heterocycles. The average molecular weight is 521 g/mol. The molecule has 0 bridgehead atoms. The molecule has 1 aliphatic rings. The Kier molecular flexibility index (Phi) is 7.03. The number of amidine groups is 1. The molecule has 0 radical (unpaired) electrons. The molecule has 39 heavy (non-hydrogen) atoms. The van der Waals surface area contributed by atoms with Crippen LogP contribution in [0.25, 0.3) is 22.5 Å². The molecule has 5 rings (SSSR count). The molecule has 9 nitrogen and oxygen atoms in total. The van der Waals surface area contributed by atoms with Crippen molar-refractivity contribution in [3.05, 3.63) is 71.4 Å². The van der Waals surface area contributed by atoms with Crippen LogP contribution in [0.4, 0.5) is 5.82 Å². The molecule has 198 valence electrons. The number of hydrogen-bond donors (Lipinski definition) is 2. The lowest BCUT2D eigenvalue weighted by Crippen LogP contribution is -2.44. The summed E-state index contributed by atoms with van der Waals surface area (Å²) in [5, 5.41) is 9.05. The number of nitrogens with one attached hydrogen (secondary N) is 2. The second-order valence-corrected chi connectivity index (χ2v) is 10.0. The van der Waals surface area contributed by atoms with Gasteiger partial charge in [0.2, 0.25) is 0 Å². The van der Waals surface area contributed by atoms with Gasteiger partial charge in [-0.25, -0.2) is 15.0 Å². The summed E-state index contributed by atoms with van der Waals surface area (Å²) in [6.07, 6.45) is 3.52. The van der Waals surface area contributed by atoms with Gasteiger partial charge in [-0.15, -0.1) is 0 Å². The second kappa shape index (κ2) is 10.6. The molecule has 0 spiro atoms. The van der Waals surface area contributed by atoms with E-state index in [0.29, 0.717) is 11.5 Å². The largest absolute Gasteiger partial charge is 0.497 e. The Bertz CT molecular complexity index is 1560. The molecule has 1 saturated heterocycles. The number of likely N-dealkylation sites (tertiary alicyclic amines) is 1. The summed E-state index contributed by atoms with van der Waals surface area (Å²) in [7, 11) is 3.49. The minimum absolute atomic E-state index is 0.0891. The van der Waals surface area contributed by atoms with Gasteiger partial charge in [-0.05, 0) is 56.8 Å². The smallest absolute Gasteiger partial charge is 0.140 e. The van der Waals surface area contributed by atoms with Crippen LogP contribution < -0.4 is 4.74 Å². The van der Waals surface area contributed by atoms with E-state index < -0.39 is 0 Å². The number of ether oxygens (including phenoxy) is 1. The van der Waals surface area contributed by atoms with E-state index in [1.54, 1.807) is 19.4 Å². The summed E-state index contributed by atoms with van der Waals surface area (Å²) < 4.78 is 5.41. The second-order valence-electron chi connectivity index (χ2n) is 10.0. The normalized spacial score (nSPS) is 15.2. The van der Waals surface area contributed by atoms with Crippen LogP contribution in [0, 0.1) is 18.3 Å². The van der Waals surface area contributed by atoms with Crippen LogP contribution in [0.15, 0.2) is 58.6 Å². The first-order valence-electron chi connectivity index (χ1n) is 12.9. The first kappa shape index (κ1) is 25.9. The number of piperidine rings is 1. The van der Waals surface area contributed by atoms with Gasteiger partial charge >= 0.3 is 0 Å². The summed E-state index contributed by atoms with van der Waals surface area (Å²) in [5.74, 6) is 3.36. The third-order valence-corrected chi connectivity index (χ3v) is 7.56. The molecular weight excluding hydrogens is 488 g/mol. The Morgan fingerprint density at radius 1 is 1.15 bits per heavy atom. The number of aliphatic imine (C=N–C) groups is 2. The van der Waals surface area contributed by atoms with Gasteiger partial charge < -0.3 is 19.6 Å². The summed E-state index contributed by atoms with van der Waals surface area (Å²) in [5.41, 5.74) is 5.95. The maximum absolute atomic E-state index is 9.05. The SMILES string of the molecule is C=Nc1[nH]c(-c2ccc(C#N)nc2)cc1C(=NC)N1CCC(C)(c2nc(-c3cccc(OC)c3)c(C)[nH]2)CC1. The van der Waals surface area contributed by atoms with Crippen molar-refractivity contribution in [2.75, 3.05) is 27.2 Å². The van der Waals surface area contributed by atoms with Crippen molar-refractivity contribution >= 4 is 18.4 Å². The number of benzene rings is 1. The molecular formula is C30H32N8O. The monoisotopic (exact) mass is 520 g/mol. The number of imidazole rings is 1. The van der Waals surface area contributed by atoms with Gasteiger partial charge in [-0.1, -0.05) is 19.1 Å². The fourth-order valence-corrected chi connectivity index (χ4v) is 5.19. The van der Waals surface area contributed by atoms with Crippen molar-refractivity contribution in [2.45, 2.75) is 32.1 Å². The highest BCUT2D eigenvalue weighted by Gasteiger charge is 2.36. The fraction of sp³-hybridized carbons (Fsp3) is 0.300. The summed E-state index contributed by atoms with van der Waals surface area (Å²) in [6.45, 7) is 9.77. The topological polar surface area (TPSA) is 118 Å². The predicted octanol–water partition coefficient (Wildman–Crippen LogP) is 5.42. The number of nitrogens with zero attached hydrogens (tertiary/aromatic N) is 6. The van der Waals surface area contributed by atoms with E-state index >= 15 is 0 Å². The molecule has 0 atom stereocenters. The molecule has 1 fully saturated rings. The van der Waals surface area contributed by atoms with Crippen LogP contribution >= 0.6 is 0 Å². The van der Waals surface area contributed by atoms with Gasteiger partial charge in [0.1, 0.15) is 35.0 Å². The van der Waals surface area contributed by atoms with Gasteiger partial charge in [0.15, 0.2) is 0 Å². The maximum atomic E-state index is 9.05. The zero-order valence-corrected chi connectivity index (χ0v) is 22.7.